The molecular formula is C15H23NO. The lowest BCUT2D eigenvalue weighted by molar-refractivity contribution is 0.0525. The molecular weight excluding hydrogens is 210 g/mol. The molecule has 1 aliphatic heterocycles. The van der Waals surface area contributed by atoms with Crippen LogP contribution < -0.4 is 5.32 Å². The molecule has 2 heteroatoms. The van der Waals surface area contributed by atoms with E-state index in [1.807, 2.05) is 0 Å². The van der Waals surface area contributed by atoms with Crippen LogP contribution in [0.5, 0.6) is 0 Å². The molecule has 1 aliphatic rings. The van der Waals surface area contributed by atoms with Crippen molar-refractivity contribution in [1.82, 2.24) is 5.32 Å². The highest BCUT2D eigenvalue weighted by molar-refractivity contribution is 5.36. The van der Waals surface area contributed by atoms with E-state index < -0.39 is 0 Å². The molecule has 1 heterocycles. The van der Waals surface area contributed by atoms with Crippen LogP contribution in [0.3, 0.4) is 0 Å². The van der Waals surface area contributed by atoms with E-state index >= 15 is 0 Å². The van der Waals surface area contributed by atoms with Crippen LogP contribution in [0.4, 0.5) is 0 Å². The molecule has 0 saturated carbocycles. The molecule has 17 heavy (non-hydrogen) atoms. The molecule has 0 aliphatic carbocycles. The highest BCUT2D eigenvalue weighted by Crippen LogP contribution is 2.30. The Kier molecular flexibility index (Phi) is 3.28. The fourth-order valence-corrected chi connectivity index (χ4v) is 2.25. The van der Waals surface area contributed by atoms with Crippen LogP contribution >= 0.6 is 0 Å². The average Bonchev–Trinajstić information content (AvgIpc) is 2.63. The van der Waals surface area contributed by atoms with Gasteiger partial charge >= 0.3 is 0 Å². The molecule has 1 aromatic carbocycles. The number of hydrogen-bond acceptors (Lipinski definition) is 2. The second-order valence-electron chi connectivity index (χ2n) is 6.00. The molecule has 0 radical (unpaired) electrons. The van der Waals surface area contributed by atoms with Gasteiger partial charge in [-0.1, -0.05) is 39.0 Å². The number of ether oxygens (including phenoxy) is 1. The van der Waals surface area contributed by atoms with Gasteiger partial charge in [0.1, 0.15) is 6.23 Å². The Balaban J connectivity index is 2.33. The molecule has 0 spiro atoms. The van der Waals surface area contributed by atoms with E-state index in [-0.39, 0.29) is 17.7 Å². The maximum absolute atomic E-state index is 5.88. The first kappa shape index (κ1) is 12.6. The zero-order valence-electron chi connectivity index (χ0n) is 11.5. The normalized spacial score (nSPS) is 25.2. The minimum absolute atomic E-state index is 0.165. The smallest absolute Gasteiger partial charge is 0.106 e. The summed E-state index contributed by atoms with van der Waals surface area (Å²) in [6.07, 6.45) is 0.366. The van der Waals surface area contributed by atoms with Gasteiger partial charge in [0.05, 0.1) is 6.10 Å². The Morgan fingerprint density at radius 3 is 2.53 bits per heavy atom. The maximum Gasteiger partial charge on any atom is 0.106 e. The van der Waals surface area contributed by atoms with Crippen molar-refractivity contribution in [3.63, 3.8) is 0 Å². The summed E-state index contributed by atoms with van der Waals surface area (Å²) in [6.45, 7) is 11.9. The van der Waals surface area contributed by atoms with Crippen molar-refractivity contribution in [2.75, 3.05) is 6.54 Å². The van der Waals surface area contributed by atoms with Gasteiger partial charge in [-0.15, -0.1) is 0 Å². The van der Waals surface area contributed by atoms with Crippen molar-refractivity contribution in [3.05, 3.63) is 34.9 Å². The van der Waals surface area contributed by atoms with Crippen molar-refractivity contribution in [2.24, 2.45) is 0 Å². The van der Waals surface area contributed by atoms with Gasteiger partial charge in [0.15, 0.2) is 0 Å². The van der Waals surface area contributed by atoms with Crippen LogP contribution in [0.2, 0.25) is 0 Å². The van der Waals surface area contributed by atoms with Crippen molar-refractivity contribution in [3.8, 4) is 0 Å². The third-order valence-corrected chi connectivity index (χ3v) is 3.45. The molecule has 0 aromatic heterocycles. The second kappa shape index (κ2) is 4.43. The number of rotatable bonds is 1. The summed E-state index contributed by atoms with van der Waals surface area (Å²) in [6, 6.07) is 6.74. The van der Waals surface area contributed by atoms with Gasteiger partial charge in [-0.05, 0) is 36.0 Å². The van der Waals surface area contributed by atoms with Crippen LogP contribution in [0.1, 0.15) is 50.5 Å². The third-order valence-electron chi connectivity index (χ3n) is 3.45. The Morgan fingerprint density at radius 2 is 2.00 bits per heavy atom. The van der Waals surface area contributed by atoms with Gasteiger partial charge in [-0.25, -0.2) is 0 Å². The Morgan fingerprint density at radius 1 is 1.29 bits per heavy atom. The van der Waals surface area contributed by atoms with Gasteiger partial charge in [-0.3, -0.25) is 5.32 Å². The highest BCUT2D eigenvalue weighted by atomic mass is 16.5. The molecule has 1 N–H and O–H groups in total. The van der Waals surface area contributed by atoms with Crippen molar-refractivity contribution < 1.29 is 4.74 Å². The molecule has 0 bridgehead atoms. The quantitative estimate of drug-likeness (QED) is 0.803. The molecule has 1 fully saturated rings. The van der Waals surface area contributed by atoms with Crippen LogP contribution in [0.25, 0.3) is 0 Å². The van der Waals surface area contributed by atoms with E-state index in [0.717, 1.165) is 6.54 Å². The topological polar surface area (TPSA) is 21.3 Å². The summed E-state index contributed by atoms with van der Waals surface area (Å²) in [5.74, 6) is 0. The Labute approximate surface area is 104 Å². The van der Waals surface area contributed by atoms with Gasteiger partial charge < -0.3 is 4.74 Å². The highest BCUT2D eigenvalue weighted by Gasteiger charge is 2.25. The number of aryl methyl sites for hydroxylation is 1. The fraction of sp³-hybridized carbons (Fsp3) is 0.600. The minimum atomic E-state index is 0.165. The van der Waals surface area contributed by atoms with E-state index in [2.05, 4.69) is 58.1 Å². The summed E-state index contributed by atoms with van der Waals surface area (Å²) in [4.78, 5) is 0. The zero-order valence-corrected chi connectivity index (χ0v) is 11.5. The van der Waals surface area contributed by atoms with Crippen molar-refractivity contribution in [1.29, 1.82) is 0 Å². The molecule has 0 amide bonds. The van der Waals surface area contributed by atoms with Gasteiger partial charge in [0.25, 0.3) is 0 Å². The zero-order chi connectivity index (χ0) is 12.6. The lowest BCUT2D eigenvalue weighted by Crippen LogP contribution is -2.17. The van der Waals surface area contributed by atoms with E-state index in [9.17, 15) is 0 Å². The lowest BCUT2D eigenvalue weighted by Gasteiger charge is -2.22. The van der Waals surface area contributed by atoms with E-state index in [1.54, 1.807) is 0 Å². The number of nitrogens with one attached hydrogen (secondary N) is 1. The lowest BCUT2D eigenvalue weighted by atomic mass is 9.84. The minimum Gasteiger partial charge on any atom is -0.354 e. The summed E-state index contributed by atoms with van der Waals surface area (Å²) in [5, 5.41) is 3.33. The van der Waals surface area contributed by atoms with E-state index in [0.29, 0.717) is 0 Å². The average molecular weight is 233 g/mol. The summed E-state index contributed by atoms with van der Waals surface area (Å²) < 4.78 is 5.88. The summed E-state index contributed by atoms with van der Waals surface area (Å²) in [7, 11) is 0. The van der Waals surface area contributed by atoms with Gasteiger partial charge in [0.2, 0.25) is 0 Å². The molecule has 2 rings (SSSR count). The summed E-state index contributed by atoms with van der Waals surface area (Å²) >= 11 is 0. The van der Waals surface area contributed by atoms with Crippen LogP contribution in [-0.2, 0) is 10.2 Å². The Hall–Kier alpha value is -0.860. The van der Waals surface area contributed by atoms with Crippen LogP contribution in [0.15, 0.2) is 18.2 Å². The second-order valence-corrected chi connectivity index (χ2v) is 6.00. The molecule has 94 valence electrons. The third kappa shape index (κ3) is 2.70. The maximum atomic E-state index is 5.88. The fourth-order valence-electron chi connectivity index (χ4n) is 2.25. The Bertz CT molecular complexity index is 406. The standard InChI is InChI=1S/C15H23NO/c1-10-6-7-12(15(3,4)5)8-13(10)14-9-16-11(2)17-14/h6-8,11,14,16H,9H2,1-5H3. The van der Waals surface area contributed by atoms with Crippen LogP contribution in [-0.4, -0.2) is 12.8 Å². The van der Waals surface area contributed by atoms with Gasteiger partial charge in [-0.2, -0.15) is 0 Å². The molecule has 2 atom stereocenters. The van der Waals surface area contributed by atoms with E-state index in [1.165, 1.54) is 16.7 Å². The molecule has 1 aromatic rings. The predicted molar refractivity (Wildman–Crippen MR) is 71.2 cm³/mol. The van der Waals surface area contributed by atoms with Crippen molar-refractivity contribution >= 4 is 0 Å². The summed E-state index contributed by atoms with van der Waals surface area (Å²) in [5.41, 5.74) is 4.22. The van der Waals surface area contributed by atoms with Crippen molar-refractivity contribution in [2.45, 2.75) is 52.4 Å². The number of benzene rings is 1. The van der Waals surface area contributed by atoms with Gasteiger partial charge in [0, 0.05) is 6.54 Å². The first-order chi connectivity index (χ1) is 7.88. The molecule has 2 unspecified atom stereocenters. The molecule has 1 saturated heterocycles. The van der Waals surface area contributed by atoms with E-state index in [4.69, 9.17) is 4.74 Å². The predicted octanol–water partition coefficient (Wildman–Crippen LogP) is 3.30. The largest absolute Gasteiger partial charge is 0.354 e. The monoisotopic (exact) mass is 233 g/mol. The van der Waals surface area contributed by atoms with Crippen LogP contribution in [0, 0.1) is 6.92 Å². The number of hydrogen-bond donors (Lipinski definition) is 1. The SMILES string of the molecule is Cc1ccc(C(C)(C)C)cc1C1CNC(C)O1. The molecule has 2 nitrogen and oxygen atoms in total. The first-order valence-electron chi connectivity index (χ1n) is 6.38. The first-order valence-corrected chi connectivity index (χ1v) is 6.38.